The summed E-state index contributed by atoms with van der Waals surface area (Å²) in [4.78, 5) is 26.9. The van der Waals surface area contributed by atoms with Crippen molar-refractivity contribution in [2.24, 2.45) is 0 Å². The van der Waals surface area contributed by atoms with Gasteiger partial charge >= 0.3 is 6.09 Å². The molecule has 0 atom stereocenters. The Bertz CT molecular complexity index is 304. The fourth-order valence-electron chi connectivity index (χ4n) is 2.01. The van der Waals surface area contributed by atoms with Crippen LogP contribution in [-0.2, 0) is 14.3 Å². The maximum Gasteiger partial charge on any atom is 0.409 e. The van der Waals surface area contributed by atoms with Gasteiger partial charge in [0, 0.05) is 52.8 Å². The lowest BCUT2D eigenvalue weighted by molar-refractivity contribution is -0.132. The average molecular weight is 287 g/mol. The van der Waals surface area contributed by atoms with Gasteiger partial charge in [0.25, 0.3) is 0 Å². The highest BCUT2D eigenvalue weighted by Gasteiger charge is 2.24. The largest absolute Gasteiger partial charge is 0.450 e. The number of carbonyl (C=O) groups excluding carboxylic acids is 2. The van der Waals surface area contributed by atoms with Gasteiger partial charge in [-0.2, -0.15) is 0 Å². The molecular weight excluding hydrogens is 262 g/mol. The van der Waals surface area contributed by atoms with Crippen LogP contribution in [0.2, 0.25) is 0 Å². The van der Waals surface area contributed by atoms with Gasteiger partial charge in [-0.3, -0.25) is 4.79 Å². The number of hydrogen-bond acceptors (Lipinski definition) is 5. The molecule has 0 radical (unpaired) electrons. The van der Waals surface area contributed by atoms with Gasteiger partial charge in [-0.1, -0.05) is 0 Å². The number of piperazine rings is 1. The molecule has 0 spiro atoms. The van der Waals surface area contributed by atoms with Crippen LogP contribution in [0.3, 0.4) is 0 Å². The first-order chi connectivity index (χ1) is 9.69. The molecule has 0 aromatic carbocycles. The molecule has 0 bridgehead atoms. The highest BCUT2D eigenvalue weighted by atomic mass is 16.6. The molecule has 0 aromatic rings. The van der Waals surface area contributed by atoms with E-state index in [1.54, 1.807) is 23.8 Å². The van der Waals surface area contributed by atoms with Gasteiger partial charge in [-0.15, -0.1) is 0 Å². The maximum atomic E-state index is 12.0. The Morgan fingerprint density at radius 3 is 2.35 bits per heavy atom. The van der Waals surface area contributed by atoms with Crippen LogP contribution in [0, 0.1) is 0 Å². The van der Waals surface area contributed by atoms with Gasteiger partial charge < -0.3 is 24.6 Å². The summed E-state index contributed by atoms with van der Waals surface area (Å²) in [7, 11) is 1.65. The molecule has 1 N–H and O–H groups in total. The molecule has 0 aromatic heterocycles. The van der Waals surface area contributed by atoms with Gasteiger partial charge in [0.1, 0.15) is 0 Å². The van der Waals surface area contributed by atoms with Crippen molar-refractivity contribution in [1.29, 1.82) is 0 Å². The van der Waals surface area contributed by atoms with E-state index in [0.717, 1.165) is 6.54 Å². The summed E-state index contributed by atoms with van der Waals surface area (Å²) >= 11 is 0. The van der Waals surface area contributed by atoms with Gasteiger partial charge in [0.05, 0.1) is 13.2 Å². The minimum Gasteiger partial charge on any atom is -0.450 e. The summed E-state index contributed by atoms with van der Waals surface area (Å²) in [6, 6.07) is 0. The highest BCUT2D eigenvalue weighted by Crippen LogP contribution is 2.05. The van der Waals surface area contributed by atoms with Gasteiger partial charge in [0.2, 0.25) is 5.91 Å². The molecule has 1 aliphatic rings. The molecule has 7 nitrogen and oxygen atoms in total. The quantitative estimate of drug-likeness (QED) is 0.663. The van der Waals surface area contributed by atoms with E-state index in [9.17, 15) is 9.59 Å². The van der Waals surface area contributed by atoms with Gasteiger partial charge in [-0.05, 0) is 6.92 Å². The van der Waals surface area contributed by atoms with Crippen LogP contribution in [-0.4, -0.2) is 81.4 Å². The van der Waals surface area contributed by atoms with Crippen LogP contribution in [0.4, 0.5) is 4.79 Å². The van der Waals surface area contributed by atoms with Crippen molar-refractivity contribution in [3.63, 3.8) is 0 Å². The minimum atomic E-state index is -0.291. The Labute approximate surface area is 120 Å². The molecule has 1 rings (SSSR count). The Hall–Kier alpha value is -1.34. The first-order valence-electron chi connectivity index (χ1n) is 7.08. The van der Waals surface area contributed by atoms with Crippen LogP contribution in [0.15, 0.2) is 0 Å². The molecule has 1 saturated heterocycles. The Morgan fingerprint density at radius 1 is 1.10 bits per heavy atom. The third-order valence-electron chi connectivity index (χ3n) is 3.16. The lowest BCUT2D eigenvalue weighted by atomic mass is 10.3. The lowest BCUT2D eigenvalue weighted by Gasteiger charge is -2.34. The second-order valence-electron chi connectivity index (χ2n) is 4.56. The lowest BCUT2D eigenvalue weighted by Crippen LogP contribution is -2.51. The number of amides is 2. The topological polar surface area (TPSA) is 71.1 Å². The summed E-state index contributed by atoms with van der Waals surface area (Å²) in [5.74, 6) is 0.124. The van der Waals surface area contributed by atoms with Gasteiger partial charge in [-0.25, -0.2) is 4.79 Å². The molecule has 7 heteroatoms. The molecule has 1 fully saturated rings. The number of carbonyl (C=O) groups is 2. The maximum absolute atomic E-state index is 12.0. The molecule has 20 heavy (non-hydrogen) atoms. The summed E-state index contributed by atoms with van der Waals surface area (Å²) < 4.78 is 9.85. The van der Waals surface area contributed by atoms with Crippen molar-refractivity contribution in [3.8, 4) is 0 Å². The van der Waals surface area contributed by atoms with E-state index < -0.39 is 0 Å². The van der Waals surface area contributed by atoms with Crippen LogP contribution in [0.5, 0.6) is 0 Å². The average Bonchev–Trinajstić information content (AvgIpc) is 2.47. The van der Waals surface area contributed by atoms with E-state index in [2.05, 4.69) is 5.32 Å². The molecule has 2 amide bonds. The fraction of sp³-hybridized carbons (Fsp3) is 0.846. The zero-order valence-corrected chi connectivity index (χ0v) is 12.4. The Morgan fingerprint density at radius 2 is 1.75 bits per heavy atom. The highest BCUT2D eigenvalue weighted by molar-refractivity contribution is 5.77. The minimum absolute atomic E-state index is 0.124. The molecule has 0 saturated carbocycles. The van der Waals surface area contributed by atoms with E-state index in [-0.39, 0.29) is 12.0 Å². The molecule has 0 aliphatic carbocycles. The van der Waals surface area contributed by atoms with Crippen molar-refractivity contribution < 1.29 is 19.1 Å². The van der Waals surface area contributed by atoms with Crippen molar-refractivity contribution in [2.45, 2.75) is 13.3 Å². The Kier molecular flexibility index (Phi) is 7.98. The third kappa shape index (κ3) is 5.75. The summed E-state index contributed by atoms with van der Waals surface area (Å²) in [6.45, 7) is 6.46. The van der Waals surface area contributed by atoms with E-state index in [0.29, 0.717) is 52.4 Å². The number of nitrogens with one attached hydrogen (secondary N) is 1. The number of rotatable bonds is 7. The smallest absolute Gasteiger partial charge is 0.409 e. The van der Waals surface area contributed by atoms with E-state index in [4.69, 9.17) is 9.47 Å². The monoisotopic (exact) mass is 287 g/mol. The number of methoxy groups -OCH3 is 1. The zero-order valence-electron chi connectivity index (χ0n) is 12.4. The number of hydrogen-bond donors (Lipinski definition) is 1. The molecular formula is C13H25N3O4. The Balaban J connectivity index is 2.17. The molecule has 0 unspecified atom stereocenters. The predicted molar refractivity (Wildman–Crippen MR) is 74.5 cm³/mol. The van der Waals surface area contributed by atoms with E-state index in [1.165, 1.54) is 0 Å². The summed E-state index contributed by atoms with van der Waals surface area (Å²) in [6.07, 6.45) is 0.184. The predicted octanol–water partition coefficient (Wildman–Crippen LogP) is -0.0868. The first-order valence-corrected chi connectivity index (χ1v) is 7.08. The number of ether oxygens (including phenoxy) is 2. The third-order valence-corrected chi connectivity index (χ3v) is 3.16. The fourth-order valence-corrected chi connectivity index (χ4v) is 2.01. The van der Waals surface area contributed by atoms with Crippen LogP contribution in [0.25, 0.3) is 0 Å². The van der Waals surface area contributed by atoms with Crippen molar-refractivity contribution in [3.05, 3.63) is 0 Å². The number of nitrogens with zero attached hydrogens (tertiary/aromatic N) is 2. The molecule has 1 aliphatic heterocycles. The summed E-state index contributed by atoms with van der Waals surface area (Å²) in [5.41, 5.74) is 0. The van der Waals surface area contributed by atoms with Crippen LogP contribution < -0.4 is 5.32 Å². The second kappa shape index (κ2) is 9.55. The molecule has 116 valence electrons. The second-order valence-corrected chi connectivity index (χ2v) is 4.56. The van der Waals surface area contributed by atoms with Gasteiger partial charge in [0.15, 0.2) is 0 Å². The molecule has 1 heterocycles. The van der Waals surface area contributed by atoms with E-state index in [1.807, 2.05) is 0 Å². The van der Waals surface area contributed by atoms with Crippen LogP contribution >= 0.6 is 0 Å². The van der Waals surface area contributed by atoms with Crippen molar-refractivity contribution >= 4 is 12.0 Å². The first kappa shape index (κ1) is 16.7. The summed E-state index contributed by atoms with van der Waals surface area (Å²) in [5, 5.41) is 3.14. The zero-order chi connectivity index (χ0) is 14.8. The van der Waals surface area contributed by atoms with Crippen LogP contribution in [0.1, 0.15) is 13.3 Å². The standard InChI is InChI=1S/C13H25N3O4/c1-3-20-13(18)16-9-7-15(8-10-16)12(17)4-5-14-6-11-19-2/h14H,3-11H2,1-2H3. The SMILES string of the molecule is CCOC(=O)N1CCN(C(=O)CCNCCOC)CC1. The normalized spacial score (nSPS) is 15.3. The van der Waals surface area contributed by atoms with E-state index >= 15 is 0 Å². The van der Waals surface area contributed by atoms with Crippen molar-refractivity contribution in [2.75, 3.05) is 59.6 Å². The van der Waals surface area contributed by atoms with Crippen molar-refractivity contribution in [1.82, 2.24) is 15.1 Å².